The number of carboxylic acids is 1. The lowest BCUT2D eigenvalue weighted by Crippen LogP contribution is -2.32. The zero-order valence-corrected chi connectivity index (χ0v) is 13.3. The molecule has 0 saturated carbocycles. The summed E-state index contributed by atoms with van der Waals surface area (Å²) in [6, 6.07) is 6.26. The van der Waals surface area contributed by atoms with E-state index in [1.54, 1.807) is 24.3 Å². The van der Waals surface area contributed by atoms with Crippen molar-refractivity contribution in [3.63, 3.8) is 0 Å². The predicted octanol–water partition coefficient (Wildman–Crippen LogP) is 1.99. The van der Waals surface area contributed by atoms with Crippen LogP contribution in [0.25, 0.3) is 0 Å². The SMILES string of the molecule is CCCCNC(C)CC(=O)c1ccc(CC(N)C(=O)O)cc1. The molecule has 0 bridgehead atoms. The maximum absolute atomic E-state index is 12.2. The molecule has 0 saturated heterocycles. The molecule has 122 valence electrons. The van der Waals surface area contributed by atoms with Crippen molar-refractivity contribution in [1.29, 1.82) is 0 Å². The van der Waals surface area contributed by atoms with Gasteiger partial charge in [0.15, 0.2) is 5.78 Å². The molecule has 1 aromatic rings. The van der Waals surface area contributed by atoms with Crippen LogP contribution in [0.1, 0.15) is 49.0 Å². The van der Waals surface area contributed by atoms with Crippen molar-refractivity contribution in [1.82, 2.24) is 5.32 Å². The smallest absolute Gasteiger partial charge is 0.320 e. The molecule has 1 rings (SSSR count). The van der Waals surface area contributed by atoms with Crippen LogP contribution in [0.3, 0.4) is 0 Å². The average Bonchev–Trinajstić information content (AvgIpc) is 2.48. The number of benzene rings is 1. The number of Topliss-reactive ketones (excluding diaryl/α,β-unsaturated/α-hetero) is 1. The molecule has 0 spiro atoms. The second-order valence-corrected chi connectivity index (χ2v) is 5.68. The second-order valence-electron chi connectivity index (χ2n) is 5.68. The van der Waals surface area contributed by atoms with Crippen LogP contribution in [0.15, 0.2) is 24.3 Å². The van der Waals surface area contributed by atoms with Crippen LogP contribution in [-0.4, -0.2) is 35.5 Å². The summed E-state index contributed by atoms with van der Waals surface area (Å²) < 4.78 is 0. The molecule has 5 nitrogen and oxygen atoms in total. The molecule has 1 aromatic carbocycles. The lowest BCUT2D eigenvalue weighted by Gasteiger charge is -2.13. The molecular weight excluding hydrogens is 280 g/mol. The molecule has 0 radical (unpaired) electrons. The van der Waals surface area contributed by atoms with Gasteiger partial charge in [0.05, 0.1) is 0 Å². The second kappa shape index (κ2) is 9.33. The van der Waals surface area contributed by atoms with Crippen LogP contribution >= 0.6 is 0 Å². The van der Waals surface area contributed by atoms with Crippen molar-refractivity contribution in [3.8, 4) is 0 Å². The molecule has 2 atom stereocenters. The Balaban J connectivity index is 2.51. The van der Waals surface area contributed by atoms with Crippen molar-refractivity contribution in [2.24, 2.45) is 5.73 Å². The Morgan fingerprint density at radius 3 is 2.45 bits per heavy atom. The number of nitrogens with one attached hydrogen (secondary N) is 1. The highest BCUT2D eigenvalue weighted by molar-refractivity contribution is 5.96. The van der Waals surface area contributed by atoms with E-state index in [9.17, 15) is 9.59 Å². The number of hydrogen-bond donors (Lipinski definition) is 3. The number of carbonyl (C=O) groups excluding carboxylic acids is 1. The molecule has 4 N–H and O–H groups in total. The van der Waals surface area contributed by atoms with Crippen LogP contribution in [0.5, 0.6) is 0 Å². The summed E-state index contributed by atoms with van der Waals surface area (Å²) in [5.74, 6) is -0.933. The van der Waals surface area contributed by atoms with Crippen LogP contribution in [0, 0.1) is 0 Å². The van der Waals surface area contributed by atoms with Gasteiger partial charge < -0.3 is 16.2 Å². The largest absolute Gasteiger partial charge is 0.480 e. The van der Waals surface area contributed by atoms with Gasteiger partial charge in [0, 0.05) is 18.0 Å². The highest BCUT2D eigenvalue weighted by atomic mass is 16.4. The zero-order chi connectivity index (χ0) is 16.5. The van der Waals surface area contributed by atoms with E-state index in [4.69, 9.17) is 10.8 Å². The van der Waals surface area contributed by atoms with Crippen molar-refractivity contribution >= 4 is 11.8 Å². The summed E-state index contributed by atoms with van der Waals surface area (Å²) >= 11 is 0. The van der Waals surface area contributed by atoms with Crippen molar-refractivity contribution in [2.75, 3.05) is 6.54 Å². The highest BCUT2D eigenvalue weighted by Gasteiger charge is 2.14. The van der Waals surface area contributed by atoms with E-state index in [1.165, 1.54) is 0 Å². The van der Waals surface area contributed by atoms with Crippen molar-refractivity contribution in [3.05, 3.63) is 35.4 Å². The fourth-order valence-electron chi connectivity index (χ4n) is 2.16. The van der Waals surface area contributed by atoms with Crippen LogP contribution < -0.4 is 11.1 Å². The Labute approximate surface area is 131 Å². The van der Waals surface area contributed by atoms with Gasteiger partial charge in [0.1, 0.15) is 6.04 Å². The molecule has 22 heavy (non-hydrogen) atoms. The summed E-state index contributed by atoms with van der Waals surface area (Å²) in [6.45, 7) is 5.07. The topological polar surface area (TPSA) is 92.4 Å². The summed E-state index contributed by atoms with van der Waals surface area (Å²) in [6.07, 6.45) is 2.96. The van der Waals surface area contributed by atoms with E-state index < -0.39 is 12.0 Å². The minimum Gasteiger partial charge on any atom is -0.480 e. The maximum Gasteiger partial charge on any atom is 0.320 e. The Kier molecular flexibility index (Phi) is 7.77. The summed E-state index contributed by atoms with van der Waals surface area (Å²) in [5, 5.41) is 12.1. The zero-order valence-electron chi connectivity index (χ0n) is 13.3. The van der Waals surface area contributed by atoms with Crippen molar-refractivity contribution < 1.29 is 14.7 Å². The van der Waals surface area contributed by atoms with E-state index >= 15 is 0 Å². The normalized spacial score (nSPS) is 13.6. The number of hydrogen-bond acceptors (Lipinski definition) is 4. The number of ketones is 1. The standard InChI is InChI=1S/C17H26N2O3/c1-3-4-9-19-12(2)10-16(20)14-7-5-13(6-8-14)11-15(18)17(21)22/h5-8,12,15,19H,3-4,9-11,18H2,1-2H3,(H,21,22). The molecule has 0 aliphatic carbocycles. The molecule has 0 aliphatic heterocycles. The van der Waals surface area contributed by atoms with E-state index in [0.29, 0.717) is 12.0 Å². The molecule has 2 unspecified atom stereocenters. The van der Waals surface area contributed by atoms with E-state index in [1.807, 2.05) is 6.92 Å². The van der Waals surface area contributed by atoms with Gasteiger partial charge in [0.25, 0.3) is 0 Å². The van der Waals surface area contributed by atoms with Gasteiger partial charge in [-0.1, -0.05) is 37.6 Å². The highest BCUT2D eigenvalue weighted by Crippen LogP contribution is 2.10. The molecule has 0 aromatic heterocycles. The monoisotopic (exact) mass is 306 g/mol. The minimum absolute atomic E-state index is 0.0885. The third kappa shape index (κ3) is 6.37. The first kappa shape index (κ1) is 18.3. The van der Waals surface area contributed by atoms with Gasteiger partial charge in [-0.25, -0.2) is 0 Å². The van der Waals surface area contributed by atoms with E-state index in [0.717, 1.165) is 24.9 Å². The summed E-state index contributed by atoms with van der Waals surface area (Å²) in [5.41, 5.74) is 6.97. The fraction of sp³-hybridized carbons (Fsp3) is 0.529. The van der Waals surface area contributed by atoms with Gasteiger partial charge in [0.2, 0.25) is 0 Å². The van der Waals surface area contributed by atoms with Gasteiger partial charge in [-0.2, -0.15) is 0 Å². The Hall–Kier alpha value is -1.72. The quantitative estimate of drug-likeness (QED) is 0.454. The lowest BCUT2D eigenvalue weighted by molar-refractivity contribution is -0.138. The lowest BCUT2D eigenvalue weighted by atomic mass is 10.0. The van der Waals surface area contributed by atoms with E-state index in [2.05, 4.69) is 12.2 Å². The Bertz CT molecular complexity index is 485. The third-order valence-electron chi connectivity index (χ3n) is 3.56. The molecule has 0 aliphatic rings. The predicted molar refractivity (Wildman–Crippen MR) is 87.1 cm³/mol. The first-order valence-corrected chi connectivity index (χ1v) is 7.78. The van der Waals surface area contributed by atoms with Crippen LogP contribution in [0.4, 0.5) is 0 Å². The minimum atomic E-state index is -1.02. The van der Waals surface area contributed by atoms with Crippen LogP contribution in [-0.2, 0) is 11.2 Å². The first-order chi connectivity index (χ1) is 10.4. The van der Waals surface area contributed by atoms with Crippen LogP contribution in [0.2, 0.25) is 0 Å². The number of unbranched alkanes of at least 4 members (excludes halogenated alkanes) is 1. The molecule has 0 heterocycles. The summed E-state index contributed by atoms with van der Waals surface area (Å²) in [7, 11) is 0. The fourth-order valence-corrected chi connectivity index (χ4v) is 2.16. The van der Waals surface area contributed by atoms with E-state index in [-0.39, 0.29) is 18.2 Å². The summed E-state index contributed by atoms with van der Waals surface area (Å²) in [4.78, 5) is 22.9. The molecular formula is C17H26N2O3. The van der Waals surface area contributed by atoms with Gasteiger partial charge in [-0.3, -0.25) is 9.59 Å². The first-order valence-electron chi connectivity index (χ1n) is 7.78. The number of aliphatic carboxylic acids is 1. The maximum atomic E-state index is 12.2. The average molecular weight is 306 g/mol. The Morgan fingerprint density at radius 1 is 1.27 bits per heavy atom. The van der Waals surface area contributed by atoms with Gasteiger partial charge in [-0.15, -0.1) is 0 Å². The van der Waals surface area contributed by atoms with Crippen molar-refractivity contribution in [2.45, 2.75) is 51.6 Å². The molecule has 0 amide bonds. The third-order valence-corrected chi connectivity index (χ3v) is 3.56. The Morgan fingerprint density at radius 2 is 1.91 bits per heavy atom. The number of carbonyl (C=O) groups is 2. The van der Waals surface area contributed by atoms with Gasteiger partial charge >= 0.3 is 5.97 Å². The number of carboxylic acid groups (broad SMARTS) is 1. The molecule has 0 fully saturated rings. The van der Waals surface area contributed by atoms with Gasteiger partial charge in [-0.05, 0) is 31.9 Å². The molecule has 5 heteroatoms. The number of nitrogens with two attached hydrogens (primary N) is 1. The number of rotatable bonds is 10.